The van der Waals surface area contributed by atoms with Gasteiger partial charge >= 0.3 is 5.97 Å². The van der Waals surface area contributed by atoms with Gasteiger partial charge in [-0.2, -0.15) is 11.8 Å². The first kappa shape index (κ1) is 22.5. The number of ketones is 1. The maximum Gasteiger partial charge on any atom is 0.303 e. The van der Waals surface area contributed by atoms with Gasteiger partial charge in [0.05, 0.1) is 6.10 Å². The number of aliphatic hydroxyl groups is 1. The van der Waals surface area contributed by atoms with Gasteiger partial charge in [-0.25, -0.2) is 0 Å². The van der Waals surface area contributed by atoms with Crippen LogP contribution in [0.2, 0.25) is 0 Å². The Morgan fingerprint density at radius 1 is 1.16 bits per heavy atom. The Labute approximate surface area is 157 Å². The molecule has 0 bridgehead atoms. The number of unbranched alkanes of at least 4 members (excludes halogenated alkanes) is 6. The summed E-state index contributed by atoms with van der Waals surface area (Å²) < 4.78 is 0. The maximum absolute atomic E-state index is 12.1. The lowest BCUT2D eigenvalue weighted by molar-refractivity contribution is -0.137. The predicted molar refractivity (Wildman–Crippen MR) is 104 cm³/mol. The second-order valence-electron chi connectivity index (χ2n) is 7.33. The summed E-state index contributed by atoms with van der Waals surface area (Å²) in [7, 11) is 0. The molecule has 0 amide bonds. The number of carbonyl (C=O) groups excluding carboxylic acids is 1. The Morgan fingerprint density at radius 3 is 2.60 bits per heavy atom. The molecule has 0 aliphatic heterocycles. The van der Waals surface area contributed by atoms with Gasteiger partial charge in [-0.1, -0.05) is 51.9 Å². The zero-order valence-electron chi connectivity index (χ0n) is 15.8. The lowest BCUT2D eigenvalue weighted by atomic mass is 9.98. The van der Waals surface area contributed by atoms with Crippen LogP contribution in [0.5, 0.6) is 0 Å². The van der Waals surface area contributed by atoms with Crippen LogP contribution in [0.15, 0.2) is 0 Å². The Hall–Kier alpha value is -0.550. The van der Waals surface area contributed by atoms with Crippen LogP contribution in [0.1, 0.15) is 90.4 Å². The van der Waals surface area contributed by atoms with E-state index in [9.17, 15) is 14.7 Å². The molecule has 0 aromatic rings. The number of carboxylic acids is 1. The van der Waals surface area contributed by atoms with Crippen molar-refractivity contribution in [1.82, 2.24) is 0 Å². The first-order valence-electron chi connectivity index (χ1n) is 10.1. The van der Waals surface area contributed by atoms with E-state index < -0.39 is 5.97 Å². The van der Waals surface area contributed by atoms with Gasteiger partial charge in [0, 0.05) is 29.8 Å². The second-order valence-corrected chi connectivity index (χ2v) is 8.61. The SMILES string of the molecule is CCCCCCC(O)CSC1CCC(=O)C1CCCCCCC(=O)O. The van der Waals surface area contributed by atoms with Crippen LogP contribution in [0.4, 0.5) is 0 Å². The van der Waals surface area contributed by atoms with Gasteiger partial charge in [-0.05, 0) is 25.7 Å². The van der Waals surface area contributed by atoms with Crippen molar-refractivity contribution >= 4 is 23.5 Å². The van der Waals surface area contributed by atoms with Crippen LogP contribution in [-0.2, 0) is 9.59 Å². The Bertz CT molecular complexity index is 386. The highest BCUT2D eigenvalue weighted by Gasteiger charge is 2.34. The van der Waals surface area contributed by atoms with E-state index >= 15 is 0 Å². The third-order valence-corrected chi connectivity index (χ3v) is 6.66. The Kier molecular flexibility index (Phi) is 12.3. The molecule has 0 radical (unpaired) electrons. The molecule has 1 aliphatic carbocycles. The van der Waals surface area contributed by atoms with Crippen molar-refractivity contribution in [2.75, 3.05) is 5.75 Å². The Morgan fingerprint density at radius 2 is 1.88 bits per heavy atom. The molecule has 25 heavy (non-hydrogen) atoms. The number of carbonyl (C=O) groups is 2. The van der Waals surface area contributed by atoms with Crippen molar-refractivity contribution in [2.24, 2.45) is 5.92 Å². The number of rotatable bonds is 15. The molecular formula is C20H36O4S. The van der Waals surface area contributed by atoms with Gasteiger partial charge in [0.1, 0.15) is 5.78 Å². The fourth-order valence-electron chi connectivity index (χ4n) is 3.54. The highest BCUT2D eigenvalue weighted by molar-refractivity contribution is 8.00. The molecule has 1 saturated carbocycles. The van der Waals surface area contributed by atoms with E-state index in [1.165, 1.54) is 19.3 Å². The van der Waals surface area contributed by atoms with E-state index in [0.29, 0.717) is 17.5 Å². The number of aliphatic carboxylic acids is 1. The van der Waals surface area contributed by atoms with Crippen molar-refractivity contribution in [3.63, 3.8) is 0 Å². The topological polar surface area (TPSA) is 74.6 Å². The summed E-state index contributed by atoms with van der Waals surface area (Å²) in [5, 5.41) is 19.1. The largest absolute Gasteiger partial charge is 0.481 e. The van der Waals surface area contributed by atoms with Gasteiger partial charge in [0.25, 0.3) is 0 Å². The highest BCUT2D eigenvalue weighted by Crippen LogP contribution is 2.36. The molecule has 0 heterocycles. The number of aliphatic hydroxyl groups excluding tert-OH is 1. The summed E-state index contributed by atoms with van der Waals surface area (Å²) in [5.74, 6) is 0.562. The molecule has 1 aliphatic rings. The average molecular weight is 373 g/mol. The number of carboxylic acid groups (broad SMARTS) is 1. The first-order valence-corrected chi connectivity index (χ1v) is 11.1. The molecule has 3 atom stereocenters. The monoisotopic (exact) mass is 372 g/mol. The molecule has 4 nitrogen and oxygen atoms in total. The van der Waals surface area contributed by atoms with Crippen LogP contribution in [0.3, 0.4) is 0 Å². The van der Waals surface area contributed by atoms with Crippen molar-refractivity contribution in [3.8, 4) is 0 Å². The van der Waals surface area contributed by atoms with Crippen molar-refractivity contribution in [2.45, 2.75) is 102 Å². The fourth-order valence-corrected chi connectivity index (χ4v) is 4.98. The van der Waals surface area contributed by atoms with Crippen LogP contribution in [0, 0.1) is 5.92 Å². The van der Waals surface area contributed by atoms with Crippen LogP contribution in [0.25, 0.3) is 0 Å². The normalized spacial score (nSPS) is 21.6. The molecule has 0 aromatic heterocycles. The minimum Gasteiger partial charge on any atom is -0.481 e. The number of hydrogen-bond acceptors (Lipinski definition) is 4. The minimum atomic E-state index is -0.726. The van der Waals surface area contributed by atoms with Gasteiger partial charge in [-0.3, -0.25) is 9.59 Å². The quantitative estimate of drug-likeness (QED) is 0.403. The standard InChI is InChI=1S/C20H36O4S/c1-2-3-4-7-10-16(21)15-25-19-14-13-18(22)17(19)11-8-5-6-9-12-20(23)24/h16-17,19,21H,2-15H2,1H3,(H,23,24). The zero-order valence-corrected chi connectivity index (χ0v) is 16.6. The summed E-state index contributed by atoms with van der Waals surface area (Å²) in [6, 6.07) is 0. The number of Topliss-reactive ketones (excluding diaryl/α,β-unsaturated/α-hetero) is 1. The van der Waals surface area contributed by atoms with Crippen molar-refractivity contribution in [1.29, 1.82) is 0 Å². The predicted octanol–water partition coefficient (Wildman–Crippen LogP) is 4.82. The maximum atomic E-state index is 12.1. The smallest absolute Gasteiger partial charge is 0.303 e. The molecule has 0 aromatic carbocycles. The van der Waals surface area contributed by atoms with Crippen molar-refractivity contribution in [3.05, 3.63) is 0 Å². The highest BCUT2D eigenvalue weighted by atomic mass is 32.2. The van der Waals surface area contributed by atoms with Gasteiger partial charge < -0.3 is 10.2 Å². The molecule has 146 valence electrons. The summed E-state index contributed by atoms with van der Waals surface area (Å²) >= 11 is 1.79. The molecule has 1 fully saturated rings. The number of thioether (sulfide) groups is 1. The van der Waals surface area contributed by atoms with Crippen LogP contribution >= 0.6 is 11.8 Å². The van der Waals surface area contributed by atoms with Gasteiger partial charge in [-0.15, -0.1) is 0 Å². The van der Waals surface area contributed by atoms with Crippen LogP contribution < -0.4 is 0 Å². The first-order chi connectivity index (χ1) is 12.0. The van der Waals surface area contributed by atoms with E-state index in [1.807, 2.05) is 0 Å². The summed E-state index contributed by atoms with van der Waals surface area (Å²) in [6.07, 6.45) is 11.9. The van der Waals surface area contributed by atoms with Crippen LogP contribution in [-0.4, -0.2) is 39.1 Å². The third-order valence-electron chi connectivity index (χ3n) is 5.09. The summed E-state index contributed by atoms with van der Waals surface area (Å²) in [6.45, 7) is 2.19. The van der Waals surface area contributed by atoms with Gasteiger partial charge in [0.15, 0.2) is 0 Å². The summed E-state index contributed by atoms with van der Waals surface area (Å²) in [4.78, 5) is 22.6. The van der Waals surface area contributed by atoms with E-state index in [-0.39, 0.29) is 18.4 Å². The lowest BCUT2D eigenvalue weighted by Crippen LogP contribution is -2.20. The lowest BCUT2D eigenvalue weighted by Gasteiger charge is -2.19. The minimum absolute atomic E-state index is 0.150. The average Bonchev–Trinajstić information content (AvgIpc) is 2.93. The van der Waals surface area contributed by atoms with Crippen molar-refractivity contribution < 1.29 is 19.8 Å². The van der Waals surface area contributed by atoms with Gasteiger partial charge in [0.2, 0.25) is 0 Å². The molecule has 3 unspecified atom stereocenters. The zero-order chi connectivity index (χ0) is 18.5. The van der Waals surface area contributed by atoms with E-state index in [4.69, 9.17) is 5.11 Å². The van der Waals surface area contributed by atoms with E-state index in [0.717, 1.165) is 57.1 Å². The molecule has 1 rings (SSSR count). The molecule has 2 N–H and O–H groups in total. The molecule has 0 spiro atoms. The molecule has 5 heteroatoms. The molecular weight excluding hydrogens is 336 g/mol. The number of hydrogen-bond donors (Lipinski definition) is 2. The van der Waals surface area contributed by atoms with E-state index in [1.54, 1.807) is 11.8 Å². The van der Waals surface area contributed by atoms with E-state index in [2.05, 4.69) is 6.92 Å². The molecule has 0 saturated heterocycles. The second kappa shape index (κ2) is 13.6. The fraction of sp³-hybridized carbons (Fsp3) is 0.900. The summed E-state index contributed by atoms with van der Waals surface area (Å²) in [5.41, 5.74) is 0. The Balaban J connectivity index is 2.17. The third kappa shape index (κ3) is 10.2.